The lowest BCUT2D eigenvalue weighted by atomic mass is 9.93. The van der Waals surface area contributed by atoms with Crippen molar-refractivity contribution < 1.29 is 5.48 Å². The molecule has 0 fully saturated rings. The highest BCUT2D eigenvalue weighted by molar-refractivity contribution is 4.69. The molecule has 0 amide bonds. The van der Waals surface area contributed by atoms with E-state index in [1.54, 1.807) is 0 Å². The molecule has 0 aromatic rings. The monoisotopic (exact) mass is 205 g/mol. The lowest BCUT2D eigenvalue weighted by Crippen LogP contribution is -2.32. The zero-order valence-corrected chi connectivity index (χ0v) is 11.2. The molecule has 2 heteroatoms. The predicted molar refractivity (Wildman–Crippen MR) is 66.8 cm³/mol. The fourth-order valence-electron chi connectivity index (χ4n) is 1.58. The Kier molecular flexibility index (Phi) is 18.0. The Bertz CT molecular complexity index is 94.3. The fraction of sp³-hybridized carbons (Fsp3) is 1.00. The van der Waals surface area contributed by atoms with Crippen LogP contribution in [0.2, 0.25) is 0 Å². The Morgan fingerprint density at radius 1 is 1.07 bits per heavy atom. The number of rotatable bonds is 5. The Morgan fingerprint density at radius 3 is 1.71 bits per heavy atom. The lowest BCUT2D eigenvalue weighted by Gasteiger charge is -2.28. The summed E-state index contributed by atoms with van der Waals surface area (Å²) in [6.45, 7) is 10.9. The van der Waals surface area contributed by atoms with E-state index in [1.807, 2.05) is 13.8 Å². The van der Waals surface area contributed by atoms with Crippen molar-refractivity contribution in [2.75, 3.05) is 14.1 Å². The molecule has 14 heavy (non-hydrogen) atoms. The van der Waals surface area contributed by atoms with Crippen LogP contribution in [0.4, 0.5) is 0 Å². The largest absolute Gasteiger partial charge is 0.412 e. The van der Waals surface area contributed by atoms with Gasteiger partial charge in [0, 0.05) is 6.04 Å². The summed E-state index contributed by atoms with van der Waals surface area (Å²) in [6.07, 6.45) is 4.00. The number of hydrogen-bond donors (Lipinski definition) is 0. The lowest BCUT2D eigenvalue weighted by molar-refractivity contribution is 0.211. The molecule has 0 saturated heterocycles. The Labute approximate surface area is 91.0 Å². The summed E-state index contributed by atoms with van der Waals surface area (Å²) in [6, 6.07) is 0.736. The summed E-state index contributed by atoms with van der Waals surface area (Å²) in [5.74, 6) is 0.884. The molecule has 0 aromatic carbocycles. The normalized spacial score (nSPS) is 13.7. The highest BCUT2D eigenvalue weighted by Gasteiger charge is 2.15. The Morgan fingerprint density at radius 2 is 1.50 bits per heavy atom. The van der Waals surface area contributed by atoms with Crippen LogP contribution in [0.15, 0.2) is 0 Å². The molecule has 0 aliphatic carbocycles. The average molecular weight is 205 g/mol. The van der Waals surface area contributed by atoms with E-state index in [-0.39, 0.29) is 5.48 Å². The minimum atomic E-state index is 0. The molecule has 0 radical (unpaired) electrons. The minimum absolute atomic E-state index is 0. The van der Waals surface area contributed by atoms with Gasteiger partial charge in [-0.25, -0.2) is 0 Å². The third-order valence-electron chi connectivity index (χ3n) is 2.68. The van der Waals surface area contributed by atoms with Crippen molar-refractivity contribution in [1.29, 1.82) is 0 Å². The minimum Gasteiger partial charge on any atom is -0.412 e. The van der Waals surface area contributed by atoms with Gasteiger partial charge in [-0.1, -0.05) is 40.5 Å². The quantitative estimate of drug-likeness (QED) is 0.679. The second-order valence-electron chi connectivity index (χ2n) is 3.66. The maximum Gasteiger partial charge on any atom is 0.00889 e. The molecule has 0 aliphatic rings. The molecule has 2 atom stereocenters. The number of hydrogen-bond acceptors (Lipinski definition) is 1. The van der Waals surface area contributed by atoms with E-state index in [9.17, 15) is 0 Å². The first-order valence-electron chi connectivity index (χ1n) is 5.79. The van der Waals surface area contributed by atoms with E-state index in [0.29, 0.717) is 0 Å². The van der Waals surface area contributed by atoms with E-state index >= 15 is 0 Å². The van der Waals surface area contributed by atoms with Crippen molar-refractivity contribution in [3.8, 4) is 0 Å². The molecule has 90 valence electrons. The summed E-state index contributed by atoms with van der Waals surface area (Å²) in [5, 5.41) is 0. The summed E-state index contributed by atoms with van der Waals surface area (Å²) >= 11 is 0. The van der Waals surface area contributed by atoms with Gasteiger partial charge in [0.25, 0.3) is 0 Å². The van der Waals surface area contributed by atoms with Crippen molar-refractivity contribution in [2.24, 2.45) is 5.92 Å². The molecule has 2 N–H and O–H groups in total. The van der Waals surface area contributed by atoms with Gasteiger partial charge in [-0.3, -0.25) is 0 Å². The molecule has 0 aromatic heterocycles. The van der Waals surface area contributed by atoms with Crippen LogP contribution < -0.4 is 0 Å². The maximum absolute atomic E-state index is 2.32. The summed E-state index contributed by atoms with van der Waals surface area (Å²) in [5.41, 5.74) is 0. The maximum atomic E-state index is 2.32. The van der Waals surface area contributed by atoms with Crippen LogP contribution in [0.3, 0.4) is 0 Å². The smallest absolute Gasteiger partial charge is 0.00889 e. The van der Waals surface area contributed by atoms with Crippen LogP contribution >= 0.6 is 0 Å². The third kappa shape index (κ3) is 8.52. The average Bonchev–Trinajstić information content (AvgIpc) is 2.16. The second-order valence-corrected chi connectivity index (χ2v) is 3.66. The van der Waals surface area contributed by atoms with Gasteiger partial charge in [-0.15, -0.1) is 0 Å². The molecule has 2 nitrogen and oxygen atoms in total. The molecule has 2 unspecified atom stereocenters. The van der Waals surface area contributed by atoms with E-state index in [4.69, 9.17) is 0 Å². The molecule has 0 bridgehead atoms. The van der Waals surface area contributed by atoms with E-state index in [1.165, 1.54) is 19.3 Å². The zero-order valence-electron chi connectivity index (χ0n) is 11.2. The Balaban J connectivity index is -0.000000376. The van der Waals surface area contributed by atoms with Crippen LogP contribution in [0.25, 0.3) is 0 Å². The molecule has 0 aliphatic heterocycles. The first-order valence-corrected chi connectivity index (χ1v) is 5.79. The van der Waals surface area contributed by atoms with E-state index < -0.39 is 0 Å². The molecule has 0 saturated carbocycles. The highest BCUT2D eigenvalue weighted by atomic mass is 16.0. The van der Waals surface area contributed by atoms with E-state index in [0.717, 1.165) is 12.0 Å². The van der Waals surface area contributed by atoms with Gasteiger partial charge in [0.15, 0.2) is 0 Å². The van der Waals surface area contributed by atoms with Gasteiger partial charge in [0.1, 0.15) is 0 Å². The summed E-state index contributed by atoms with van der Waals surface area (Å²) in [4.78, 5) is 2.32. The van der Waals surface area contributed by atoms with Crippen LogP contribution in [-0.2, 0) is 0 Å². The standard InChI is InChI=1S/C10H23N.C2H6.H2O/c1-6-8-10(7-2)9(3)11(4)5;1-2;/h9-10H,6-8H2,1-5H3;1-2H3;1H2. The molecule has 0 rings (SSSR count). The second kappa shape index (κ2) is 12.9. The predicted octanol–water partition coefficient (Wildman–Crippen LogP) is 2.96. The topological polar surface area (TPSA) is 34.7 Å². The summed E-state index contributed by atoms with van der Waals surface area (Å²) in [7, 11) is 4.34. The Hall–Kier alpha value is -0.0800. The number of nitrogens with zero attached hydrogens (tertiary/aromatic N) is 1. The summed E-state index contributed by atoms with van der Waals surface area (Å²) < 4.78 is 0. The van der Waals surface area contributed by atoms with E-state index in [2.05, 4.69) is 39.8 Å². The van der Waals surface area contributed by atoms with Crippen molar-refractivity contribution >= 4 is 0 Å². The zero-order chi connectivity index (χ0) is 10.9. The van der Waals surface area contributed by atoms with Crippen molar-refractivity contribution in [3.63, 3.8) is 0 Å². The van der Waals surface area contributed by atoms with Crippen LogP contribution in [0, 0.1) is 5.92 Å². The molecular weight excluding hydrogens is 174 g/mol. The van der Waals surface area contributed by atoms with Gasteiger partial charge in [0.2, 0.25) is 0 Å². The highest BCUT2D eigenvalue weighted by Crippen LogP contribution is 2.17. The SMILES string of the molecule is CC.CCCC(CC)C(C)N(C)C.O. The molecule has 0 spiro atoms. The van der Waals surface area contributed by atoms with Crippen molar-refractivity contribution in [1.82, 2.24) is 4.90 Å². The van der Waals surface area contributed by atoms with Crippen molar-refractivity contribution in [2.45, 2.75) is 59.9 Å². The molecular formula is C12H31NO. The first kappa shape index (κ1) is 19.5. The van der Waals surface area contributed by atoms with Crippen LogP contribution in [0.5, 0.6) is 0 Å². The first-order chi connectivity index (χ1) is 6.13. The van der Waals surface area contributed by atoms with Gasteiger partial charge in [-0.2, -0.15) is 0 Å². The van der Waals surface area contributed by atoms with Gasteiger partial charge < -0.3 is 10.4 Å². The third-order valence-corrected chi connectivity index (χ3v) is 2.68. The van der Waals surface area contributed by atoms with Crippen molar-refractivity contribution in [3.05, 3.63) is 0 Å². The van der Waals surface area contributed by atoms with Crippen LogP contribution in [0.1, 0.15) is 53.9 Å². The molecule has 0 heterocycles. The van der Waals surface area contributed by atoms with Gasteiger partial charge in [-0.05, 0) is 33.4 Å². The van der Waals surface area contributed by atoms with Crippen LogP contribution in [-0.4, -0.2) is 30.5 Å². The fourth-order valence-corrected chi connectivity index (χ4v) is 1.58. The van der Waals surface area contributed by atoms with Gasteiger partial charge >= 0.3 is 0 Å². The van der Waals surface area contributed by atoms with Gasteiger partial charge in [0.05, 0.1) is 0 Å².